The number of rotatable bonds is 9. The number of aromatic nitrogens is 2. The lowest BCUT2D eigenvalue weighted by Crippen LogP contribution is -2.49. The Morgan fingerprint density at radius 3 is 2.50 bits per heavy atom. The molecule has 1 aromatic heterocycles. The smallest absolute Gasteiger partial charge is 0.173 e. The van der Waals surface area contributed by atoms with Crippen LogP contribution in [0, 0.1) is 11.6 Å². The summed E-state index contributed by atoms with van der Waals surface area (Å²) in [5.74, 6) is -1.39. The van der Waals surface area contributed by atoms with Crippen molar-refractivity contribution in [1.29, 1.82) is 0 Å². The number of hydrogen-bond acceptors (Lipinski definition) is 5. The zero-order chi connectivity index (χ0) is 33.4. The van der Waals surface area contributed by atoms with Crippen LogP contribution in [0.15, 0.2) is 64.9 Å². The van der Waals surface area contributed by atoms with Gasteiger partial charge in [-0.15, -0.1) is 0 Å². The van der Waals surface area contributed by atoms with Gasteiger partial charge >= 0.3 is 0 Å². The molecule has 5 rings (SSSR count). The minimum Gasteiger partial charge on any atom is -0.858 e. The first-order valence-corrected chi connectivity index (χ1v) is 16.9. The van der Waals surface area contributed by atoms with Gasteiger partial charge in [0.25, 0.3) is 0 Å². The van der Waals surface area contributed by atoms with E-state index in [4.69, 9.17) is 44.5 Å². The van der Waals surface area contributed by atoms with E-state index in [0.29, 0.717) is 20.9 Å². The number of hydrogen-bond donors (Lipinski definition) is 0. The van der Waals surface area contributed by atoms with Crippen molar-refractivity contribution in [3.8, 4) is 11.4 Å². The van der Waals surface area contributed by atoms with Gasteiger partial charge in [-0.1, -0.05) is 66.5 Å². The number of aliphatic imine (C=N–C) groups is 1. The van der Waals surface area contributed by atoms with Crippen LogP contribution >= 0.6 is 46.6 Å². The van der Waals surface area contributed by atoms with Crippen LogP contribution in [0.2, 0.25) is 15.1 Å². The number of piperidine rings is 1. The van der Waals surface area contributed by atoms with E-state index in [1.165, 1.54) is 37.1 Å². The molecule has 2 heterocycles. The Kier molecular flexibility index (Phi) is 10.3. The second-order valence-electron chi connectivity index (χ2n) is 12.6. The van der Waals surface area contributed by atoms with Gasteiger partial charge in [0.1, 0.15) is 12.4 Å². The number of ether oxygens (including phenoxy) is 1. The van der Waals surface area contributed by atoms with Crippen LogP contribution in [0.3, 0.4) is 0 Å². The number of likely N-dealkylation sites (N-methyl/N-ethyl adjacent to an activating group) is 1. The molecule has 6 nitrogen and oxygen atoms in total. The number of imidazole rings is 1. The average Bonchev–Trinajstić information content (AvgIpc) is 3.42. The molecule has 1 saturated heterocycles. The van der Waals surface area contributed by atoms with Crippen LogP contribution in [-0.4, -0.2) is 60.3 Å². The van der Waals surface area contributed by atoms with Gasteiger partial charge in [-0.3, -0.25) is 9.56 Å². The number of nitrogens with zero attached hydrogens (tertiary/aromatic N) is 4. The predicted octanol–water partition coefficient (Wildman–Crippen LogP) is 8.08. The van der Waals surface area contributed by atoms with E-state index in [1.54, 1.807) is 30.5 Å². The van der Waals surface area contributed by atoms with Gasteiger partial charge in [-0.05, 0) is 66.3 Å². The minimum atomic E-state index is -0.636. The Morgan fingerprint density at radius 2 is 1.83 bits per heavy atom. The van der Waals surface area contributed by atoms with Crippen molar-refractivity contribution in [3.63, 3.8) is 0 Å². The first-order chi connectivity index (χ1) is 21.7. The molecule has 0 radical (unpaired) electrons. The summed E-state index contributed by atoms with van der Waals surface area (Å²) in [5.41, 5.74) is 1.96. The lowest BCUT2D eigenvalue weighted by atomic mass is 9.81. The van der Waals surface area contributed by atoms with Gasteiger partial charge in [-0.2, -0.15) is 0 Å². The van der Waals surface area contributed by atoms with E-state index in [2.05, 4.69) is 19.1 Å². The van der Waals surface area contributed by atoms with Crippen LogP contribution in [0.5, 0.6) is 5.75 Å². The Labute approximate surface area is 287 Å². The fourth-order valence-electron chi connectivity index (χ4n) is 5.80. The third-order valence-corrected chi connectivity index (χ3v) is 10.5. The van der Waals surface area contributed by atoms with E-state index in [1.807, 2.05) is 24.5 Å². The standard InChI is InChI=1S/C34H35Cl3F2N4O2S/c1-34(2,21-8-10-25(35)27(37)15-21)31-17-40-33(42(31)23-9-11-28(38)30(16-23)45-5)46-19-24-26(36)13-20(14-29(24)39)32(44)41-22-7-6-12-43(3,4)18-22/h8-11,13-17,22H,6-7,12,18-19H2,1-5H3/t22-/m0/s1. The molecule has 12 heteroatoms. The lowest BCUT2D eigenvalue weighted by Gasteiger charge is -2.37. The first kappa shape index (κ1) is 34.5. The molecule has 0 bridgehead atoms. The maximum atomic E-state index is 15.5. The van der Waals surface area contributed by atoms with Crippen LogP contribution in [-0.2, 0) is 11.2 Å². The van der Waals surface area contributed by atoms with E-state index in [0.717, 1.165) is 41.7 Å². The minimum absolute atomic E-state index is 0.0657. The van der Waals surface area contributed by atoms with Crippen LogP contribution in [0.25, 0.3) is 5.69 Å². The molecule has 0 spiro atoms. The highest BCUT2D eigenvalue weighted by molar-refractivity contribution is 7.98. The number of likely N-dealkylation sites (tertiary alicyclic amines) is 1. The van der Waals surface area contributed by atoms with Crippen molar-refractivity contribution in [1.82, 2.24) is 9.55 Å². The summed E-state index contributed by atoms with van der Waals surface area (Å²) < 4.78 is 37.9. The summed E-state index contributed by atoms with van der Waals surface area (Å²) in [4.78, 5) is 9.08. The molecular formula is C34H35Cl3F2N4O2S. The van der Waals surface area contributed by atoms with Gasteiger partial charge in [-0.25, -0.2) is 13.8 Å². The highest BCUT2D eigenvalue weighted by atomic mass is 35.5. The van der Waals surface area contributed by atoms with E-state index in [9.17, 15) is 9.50 Å². The van der Waals surface area contributed by atoms with Crippen molar-refractivity contribution in [2.45, 2.75) is 49.1 Å². The summed E-state index contributed by atoms with van der Waals surface area (Å²) in [6.45, 7) is 5.82. The third kappa shape index (κ3) is 7.34. The largest absolute Gasteiger partial charge is 0.858 e. The first-order valence-electron chi connectivity index (χ1n) is 14.8. The fraction of sp³-hybridized carbons (Fsp3) is 0.353. The maximum Gasteiger partial charge on any atom is 0.173 e. The summed E-state index contributed by atoms with van der Waals surface area (Å²) in [6.07, 6.45) is 3.54. The molecular weight excluding hydrogens is 673 g/mol. The van der Waals surface area contributed by atoms with Crippen LogP contribution in [0.1, 0.15) is 49.1 Å². The molecule has 4 aromatic rings. The predicted molar refractivity (Wildman–Crippen MR) is 181 cm³/mol. The fourth-order valence-corrected chi connectivity index (χ4v) is 7.48. The molecule has 1 fully saturated rings. The summed E-state index contributed by atoms with van der Waals surface area (Å²) in [6, 6.07) is 12.5. The zero-order valence-corrected chi connectivity index (χ0v) is 29.3. The van der Waals surface area contributed by atoms with Crippen molar-refractivity contribution >= 4 is 52.5 Å². The molecule has 0 aliphatic carbocycles. The molecule has 46 heavy (non-hydrogen) atoms. The summed E-state index contributed by atoms with van der Waals surface area (Å²) >= 11 is 20.4. The normalized spacial score (nSPS) is 16.9. The monoisotopic (exact) mass is 706 g/mol. The van der Waals surface area contributed by atoms with Crippen molar-refractivity contribution in [2.75, 3.05) is 34.3 Å². The number of halogens is 5. The van der Waals surface area contributed by atoms with Crippen molar-refractivity contribution in [2.24, 2.45) is 4.99 Å². The van der Waals surface area contributed by atoms with Gasteiger partial charge < -0.3 is 14.3 Å². The molecule has 0 unspecified atom stereocenters. The molecule has 1 atom stereocenters. The van der Waals surface area contributed by atoms with Crippen molar-refractivity contribution in [3.05, 3.63) is 104 Å². The second kappa shape index (κ2) is 13.7. The van der Waals surface area contributed by atoms with Gasteiger partial charge in [0, 0.05) is 27.8 Å². The van der Waals surface area contributed by atoms with Crippen LogP contribution < -0.4 is 9.84 Å². The van der Waals surface area contributed by atoms with Gasteiger partial charge in [0.15, 0.2) is 16.7 Å². The van der Waals surface area contributed by atoms with E-state index in [-0.39, 0.29) is 33.7 Å². The zero-order valence-electron chi connectivity index (χ0n) is 26.2. The van der Waals surface area contributed by atoms with E-state index >= 15 is 4.39 Å². The van der Waals surface area contributed by atoms with E-state index < -0.39 is 22.9 Å². The number of quaternary nitrogens is 1. The average molecular weight is 708 g/mol. The van der Waals surface area contributed by atoms with Crippen molar-refractivity contribution < 1.29 is 23.1 Å². The highest BCUT2D eigenvalue weighted by Gasteiger charge is 2.31. The number of methoxy groups -OCH3 is 1. The molecule has 3 aromatic carbocycles. The number of thioether (sulfide) groups is 1. The highest BCUT2D eigenvalue weighted by Crippen LogP contribution is 2.40. The Morgan fingerprint density at radius 1 is 1.07 bits per heavy atom. The number of benzene rings is 3. The second-order valence-corrected chi connectivity index (χ2v) is 14.8. The van der Waals surface area contributed by atoms with Gasteiger partial charge in [0.05, 0.1) is 61.4 Å². The molecule has 0 amide bonds. The molecule has 1 aliphatic heterocycles. The molecule has 1 aliphatic rings. The summed E-state index contributed by atoms with van der Waals surface area (Å²) in [5, 5.41) is 14.5. The molecule has 0 saturated carbocycles. The molecule has 0 N–H and O–H groups in total. The Hall–Kier alpha value is -2.82. The Bertz CT molecular complexity index is 1770. The Balaban J connectivity index is 1.48. The maximum absolute atomic E-state index is 15.5. The SMILES string of the molecule is COc1cc(-n2c(C(C)(C)c3ccc(Cl)c(Cl)c3)cnc2SCc2c(F)cc(C([O-])=N[C@H]3CCC[N+](C)(C)C3)cc2Cl)ccc1F. The topological polar surface area (TPSA) is 62.5 Å². The molecule has 244 valence electrons. The lowest BCUT2D eigenvalue weighted by molar-refractivity contribution is -0.895. The van der Waals surface area contributed by atoms with Crippen LogP contribution in [0.4, 0.5) is 8.78 Å². The summed E-state index contributed by atoms with van der Waals surface area (Å²) in [7, 11) is 5.63. The third-order valence-electron chi connectivity index (χ3n) is 8.44. The quantitative estimate of drug-likeness (QED) is 0.0764. The van der Waals surface area contributed by atoms with Gasteiger partial charge in [0.2, 0.25) is 0 Å².